The van der Waals surface area contributed by atoms with E-state index in [4.69, 9.17) is 0 Å². The molecule has 1 N–H and O–H groups in total. The van der Waals surface area contributed by atoms with Crippen molar-refractivity contribution in [2.45, 2.75) is 25.8 Å². The van der Waals surface area contributed by atoms with Gasteiger partial charge in [-0.2, -0.15) is 0 Å². The van der Waals surface area contributed by atoms with Crippen molar-refractivity contribution in [3.05, 3.63) is 51.7 Å². The Bertz CT molecular complexity index is 866. The number of hydrogen-bond donors (Lipinski definition) is 1. The largest absolute Gasteiger partial charge is 0.350 e. The average Bonchev–Trinajstić information content (AvgIpc) is 3.34. The van der Waals surface area contributed by atoms with E-state index in [9.17, 15) is 4.79 Å². The van der Waals surface area contributed by atoms with Gasteiger partial charge in [0.2, 0.25) is 0 Å². The van der Waals surface area contributed by atoms with Crippen LogP contribution in [0.5, 0.6) is 0 Å². The van der Waals surface area contributed by atoms with Crippen LogP contribution in [0.1, 0.15) is 41.0 Å². The van der Waals surface area contributed by atoms with Crippen LogP contribution in [0, 0.1) is 5.92 Å². The molecule has 4 nitrogen and oxygen atoms in total. The molecule has 2 aromatic heterocycles. The summed E-state index contributed by atoms with van der Waals surface area (Å²) < 4.78 is 1.05. The Morgan fingerprint density at radius 2 is 2.15 bits per heavy atom. The van der Waals surface area contributed by atoms with Crippen molar-refractivity contribution >= 4 is 38.8 Å². The first-order valence-corrected chi connectivity index (χ1v) is 10.9. The summed E-state index contributed by atoms with van der Waals surface area (Å²) in [6.07, 6.45) is 2.47. The Morgan fingerprint density at radius 3 is 2.92 bits per heavy atom. The van der Waals surface area contributed by atoms with E-state index < -0.39 is 0 Å². The topological polar surface area (TPSA) is 45.2 Å². The molecule has 1 atom stereocenters. The average molecular weight is 386 g/mol. The van der Waals surface area contributed by atoms with Crippen LogP contribution in [0.2, 0.25) is 0 Å². The molecule has 1 fully saturated rings. The van der Waals surface area contributed by atoms with Crippen molar-refractivity contribution in [3.63, 3.8) is 0 Å². The van der Waals surface area contributed by atoms with Gasteiger partial charge in [-0.25, -0.2) is 4.98 Å². The van der Waals surface area contributed by atoms with Crippen molar-refractivity contribution in [2.75, 3.05) is 19.6 Å². The minimum Gasteiger partial charge on any atom is -0.350 e. The number of piperidine rings is 1. The van der Waals surface area contributed by atoms with E-state index in [0.29, 0.717) is 12.1 Å². The summed E-state index contributed by atoms with van der Waals surface area (Å²) in [5.74, 6) is 0.795. The zero-order chi connectivity index (χ0) is 17.9. The lowest BCUT2D eigenvalue weighted by molar-refractivity contribution is 0.0915. The molecule has 1 unspecified atom stereocenters. The summed E-state index contributed by atoms with van der Waals surface area (Å²) in [5.41, 5.74) is 3.47. The molecule has 3 aromatic rings. The fourth-order valence-electron chi connectivity index (χ4n) is 3.52. The van der Waals surface area contributed by atoms with Gasteiger partial charge in [-0.15, -0.1) is 22.7 Å². The van der Waals surface area contributed by atoms with Crippen molar-refractivity contribution < 1.29 is 4.79 Å². The predicted molar refractivity (Wildman–Crippen MR) is 109 cm³/mol. The van der Waals surface area contributed by atoms with Crippen molar-refractivity contribution in [3.8, 4) is 0 Å². The molecular formula is C20H23N3OS2. The number of nitrogens with zero attached hydrogens (tertiary/aromatic N) is 2. The van der Waals surface area contributed by atoms with Crippen LogP contribution >= 0.6 is 22.7 Å². The third-order valence-electron chi connectivity index (χ3n) is 5.18. The molecule has 1 aliphatic rings. The Morgan fingerprint density at radius 1 is 1.31 bits per heavy atom. The molecule has 136 valence electrons. The van der Waals surface area contributed by atoms with E-state index in [-0.39, 0.29) is 11.9 Å². The molecule has 26 heavy (non-hydrogen) atoms. The number of carbonyl (C=O) groups excluding carboxylic acids is 1. The summed E-state index contributed by atoms with van der Waals surface area (Å²) in [6, 6.07) is 10.3. The molecule has 6 heteroatoms. The lowest BCUT2D eigenvalue weighted by Crippen LogP contribution is -2.41. The monoisotopic (exact) mass is 385 g/mol. The number of rotatable bonds is 5. The number of carbonyl (C=O) groups is 1. The van der Waals surface area contributed by atoms with Crippen molar-refractivity contribution in [1.82, 2.24) is 15.2 Å². The van der Waals surface area contributed by atoms with Gasteiger partial charge in [-0.1, -0.05) is 13.0 Å². The SMILES string of the molecule is CC1CCN(C(CNC(=O)c2ccc3ncsc3c2)c2cccs2)CC1. The quantitative estimate of drug-likeness (QED) is 0.700. The first-order valence-electron chi connectivity index (χ1n) is 9.09. The molecule has 1 aliphatic heterocycles. The lowest BCUT2D eigenvalue weighted by atomic mass is 9.97. The van der Waals surface area contributed by atoms with Crippen LogP contribution in [0.25, 0.3) is 10.2 Å². The van der Waals surface area contributed by atoms with Crippen molar-refractivity contribution in [1.29, 1.82) is 0 Å². The highest BCUT2D eigenvalue weighted by Gasteiger charge is 2.25. The van der Waals surface area contributed by atoms with E-state index in [2.05, 4.69) is 39.6 Å². The molecule has 1 saturated heterocycles. The highest BCUT2D eigenvalue weighted by atomic mass is 32.1. The van der Waals surface area contributed by atoms with Gasteiger partial charge in [0.05, 0.1) is 21.8 Å². The maximum atomic E-state index is 12.7. The maximum absolute atomic E-state index is 12.7. The van der Waals surface area contributed by atoms with Crippen LogP contribution < -0.4 is 5.32 Å². The van der Waals surface area contributed by atoms with E-state index in [1.807, 2.05) is 23.7 Å². The lowest BCUT2D eigenvalue weighted by Gasteiger charge is -2.36. The van der Waals surface area contributed by atoms with E-state index in [1.54, 1.807) is 22.7 Å². The molecular weight excluding hydrogens is 362 g/mol. The zero-order valence-corrected chi connectivity index (χ0v) is 16.5. The number of amides is 1. The van der Waals surface area contributed by atoms with Gasteiger partial charge in [0.15, 0.2) is 0 Å². The van der Waals surface area contributed by atoms with Gasteiger partial charge in [-0.05, 0) is 61.5 Å². The van der Waals surface area contributed by atoms with Gasteiger partial charge in [0, 0.05) is 17.0 Å². The van der Waals surface area contributed by atoms with Crippen LogP contribution in [-0.2, 0) is 0 Å². The van der Waals surface area contributed by atoms with Crippen LogP contribution in [0.4, 0.5) is 0 Å². The van der Waals surface area contributed by atoms with Crippen LogP contribution in [-0.4, -0.2) is 35.4 Å². The van der Waals surface area contributed by atoms with Gasteiger partial charge in [0.1, 0.15) is 0 Å². The Labute approximate surface area is 161 Å². The molecule has 0 spiro atoms. The Balaban J connectivity index is 1.46. The van der Waals surface area contributed by atoms with E-state index in [1.165, 1.54) is 17.7 Å². The second kappa shape index (κ2) is 7.86. The summed E-state index contributed by atoms with van der Waals surface area (Å²) in [5, 5.41) is 5.28. The van der Waals surface area contributed by atoms with E-state index in [0.717, 1.165) is 29.2 Å². The number of nitrogens with one attached hydrogen (secondary N) is 1. The Kier molecular flexibility index (Phi) is 5.33. The Hall–Kier alpha value is -1.76. The number of benzene rings is 1. The predicted octanol–water partition coefficient (Wildman–Crippen LogP) is 4.56. The fourth-order valence-corrected chi connectivity index (χ4v) is 5.10. The second-order valence-corrected chi connectivity index (χ2v) is 8.86. The maximum Gasteiger partial charge on any atom is 0.251 e. The highest BCUT2D eigenvalue weighted by Crippen LogP contribution is 2.29. The third-order valence-corrected chi connectivity index (χ3v) is 6.95. The molecule has 0 aliphatic carbocycles. The first kappa shape index (κ1) is 17.6. The minimum atomic E-state index is -0.00719. The van der Waals surface area contributed by atoms with Gasteiger partial charge >= 0.3 is 0 Å². The minimum absolute atomic E-state index is 0.00719. The number of thiophene rings is 1. The van der Waals surface area contributed by atoms with Gasteiger partial charge in [0.25, 0.3) is 5.91 Å². The zero-order valence-electron chi connectivity index (χ0n) is 14.9. The highest BCUT2D eigenvalue weighted by molar-refractivity contribution is 7.16. The van der Waals surface area contributed by atoms with Gasteiger partial charge in [-0.3, -0.25) is 9.69 Å². The van der Waals surface area contributed by atoms with Crippen LogP contribution in [0.15, 0.2) is 41.2 Å². The van der Waals surface area contributed by atoms with E-state index >= 15 is 0 Å². The first-order chi connectivity index (χ1) is 12.7. The van der Waals surface area contributed by atoms with Crippen molar-refractivity contribution in [2.24, 2.45) is 5.92 Å². The molecule has 0 bridgehead atoms. The molecule has 4 rings (SSSR count). The normalized spacial score (nSPS) is 17.4. The number of likely N-dealkylation sites (tertiary alicyclic amines) is 1. The molecule has 1 aromatic carbocycles. The standard InChI is InChI=1S/C20H23N3OS2/c1-14-6-8-23(9-7-14)17(18-3-2-10-25-18)12-21-20(24)15-4-5-16-19(11-15)26-13-22-16/h2-5,10-11,13-14,17H,6-9,12H2,1H3,(H,21,24). The number of fused-ring (bicyclic) bond motifs is 1. The summed E-state index contributed by atoms with van der Waals surface area (Å²) in [7, 11) is 0. The smallest absolute Gasteiger partial charge is 0.251 e. The molecule has 1 amide bonds. The number of hydrogen-bond acceptors (Lipinski definition) is 5. The van der Waals surface area contributed by atoms with Gasteiger partial charge < -0.3 is 5.32 Å². The summed E-state index contributed by atoms with van der Waals surface area (Å²) in [4.78, 5) is 20.8. The fraction of sp³-hybridized carbons (Fsp3) is 0.400. The number of thiazole rings is 1. The summed E-state index contributed by atoms with van der Waals surface area (Å²) >= 11 is 3.34. The van der Waals surface area contributed by atoms with Crippen LogP contribution in [0.3, 0.4) is 0 Å². The molecule has 0 radical (unpaired) electrons. The second-order valence-electron chi connectivity index (χ2n) is 6.99. The summed E-state index contributed by atoms with van der Waals surface area (Å²) in [6.45, 7) is 5.18. The third kappa shape index (κ3) is 3.82. The molecule has 3 heterocycles. The number of aromatic nitrogens is 1. The molecule has 0 saturated carbocycles.